The van der Waals surface area contributed by atoms with Crippen LogP contribution < -0.4 is 15.4 Å². The molecule has 218 valence electrons. The fourth-order valence-corrected chi connectivity index (χ4v) is 4.87. The molecule has 8 nitrogen and oxygen atoms in total. The Labute approximate surface area is 245 Å². The van der Waals surface area contributed by atoms with Crippen molar-refractivity contribution in [2.45, 2.75) is 39.0 Å². The Morgan fingerprint density at radius 1 is 1.00 bits per heavy atom. The van der Waals surface area contributed by atoms with Gasteiger partial charge in [-0.1, -0.05) is 75.0 Å². The fourth-order valence-electron chi connectivity index (χ4n) is 3.98. The lowest BCUT2D eigenvalue weighted by Crippen LogP contribution is -2.40. The molecular weight excluding hydrogens is 565 g/mol. The van der Waals surface area contributed by atoms with E-state index in [1.54, 1.807) is 35.4 Å². The van der Waals surface area contributed by atoms with E-state index < -0.39 is 6.36 Å². The zero-order valence-electron chi connectivity index (χ0n) is 23.2. The van der Waals surface area contributed by atoms with Crippen molar-refractivity contribution in [2.75, 3.05) is 10.7 Å². The molecule has 0 spiro atoms. The summed E-state index contributed by atoms with van der Waals surface area (Å²) in [4.78, 5) is 22.7. The van der Waals surface area contributed by atoms with Crippen LogP contribution in [-0.2, 0) is 10.2 Å². The number of thioether (sulfide) groups is 1. The van der Waals surface area contributed by atoms with Gasteiger partial charge in [-0.15, -0.1) is 18.3 Å². The summed E-state index contributed by atoms with van der Waals surface area (Å²) in [5.41, 5.74) is 9.52. The SMILES string of the molecule is CC(C)(C)c1ccccc1N1C(=O)CCS/C1=N/N=C\c1ccc(C(N)=NC=Nc2ccc(OC(F)(F)F)cc2)cc1. The van der Waals surface area contributed by atoms with Gasteiger partial charge in [0.05, 0.1) is 17.6 Å². The molecule has 0 saturated carbocycles. The molecule has 1 saturated heterocycles. The lowest BCUT2D eigenvalue weighted by molar-refractivity contribution is -0.274. The van der Waals surface area contributed by atoms with Gasteiger partial charge in [0, 0.05) is 17.7 Å². The number of alkyl halides is 3. The van der Waals surface area contributed by atoms with Crippen molar-refractivity contribution in [3.8, 4) is 5.75 Å². The van der Waals surface area contributed by atoms with Crippen molar-refractivity contribution >= 4 is 52.6 Å². The van der Waals surface area contributed by atoms with Gasteiger partial charge in [-0.05, 0) is 46.9 Å². The van der Waals surface area contributed by atoms with Crippen molar-refractivity contribution in [3.63, 3.8) is 0 Å². The number of ether oxygens (including phenoxy) is 1. The number of amides is 1. The number of benzene rings is 3. The van der Waals surface area contributed by atoms with Gasteiger partial charge < -0.3 is 10.5 Å². The van der Waals surface area contributed by atoms with Crippen LogP contribution in [0.2, 0.25) is 0 Å². The molecule has 12 heteroatoms. The number of carbonyl (C=O) groups excluding carboxylic acids is 1. The van der Waals surface area contributed by atoms with E-state index in [1.807, 2.05) is 24.3 Å². The minimum absolute atomic E-state index is 0.0189. The maximum absolute atomic E-state index is 12.9. The van der Waals surface area contributed by atoms with Crippen LogP contribution in [0.3, 0.4) is 0 Å². The fraction of sp³-hybridized carbons (Fsp3) is 0.233. The summed E-state index contributed by atoms with van der Waals surface area (Å²) in [6.45, 7) is 6.32. The molecule has 3 aromatic carbocycles. The maximum Gasteiger partial charge on any atom is 0.573 e. The smallest absolute Gasteiger partial charge is 0.406 e. The largest absolute Gasteiger partial charge is 0.573 e. The molecule has 4 rings (SSSR count). The zero-order valence-corrected chi connectivity index (χ0v) is 24.0. The Bertz CT molecular complexity index is 1530. The molecule has 0 bridgehead atoms. The molecule has 1 heterocycles. The maximum atomic E-state index is 12.9. The van der Waals surface area contributed by atoms with Crippen LogP contribution in [0.5, 0.6) is 5.75 Å². The van der Waals surface area contributed by atoms with Gasteiger partial charge in [-0.2, -0.15) is 5.10 Å². The second-order valence-corrected chi connectivity index (χ2v) is 11.2. The highest BCUT2D eigenvalue weighted by molar-refractivity contribution is 8.14. The second kappa shape index (κ2) is 13.0. The van der Waals surface area contributed by atoms with Gasteiger partial charge in [-0.3, -0.25) is 9.69 Å². The van der Waals surface area contributed by atoms with E-state index in [0.29, 0.717) is 28.6 Å². The predicted molar refractivity (Wildman–Crippen MR) is 163 cm³/mol. The standard InChI is InChI=1S/C30H29F3N6O2S/c1-29(2,3)24-6-4-5-7-25(24)39-26(40)16-17-42-28(39)38-37-18-20-8-10-21(11-9-20)27(34)36-19-35-22-12-14-23(15-13-22)41-30(31,32)33/h4-15,18-19H,16-17H2,1-3H3,(H2,34,35,36)/b37-18-,38-28+. The van der Waals surface area contributed by atoms with Crippen LogP contribution in [0.4, 0.5) is 24.5 Å². The topological polar surface area (TPSA) is 105 Å². The Balaban J connectivity index is 1.43. The number of carbonyl (C=O) groups is 1. The third-order valence-corrected chi connectivity index (χ3v) is 6.90. The van der Waals surface area contributed by atoms with Crippen molar-refractivity contribution in [1.29, 1.82) is 0 Å². The summed E-state index contributed by atoms with van der Waals surface area (Å²) in [6, 6.07) is 20.0. The summed E-state index contributed by atoms with van der Waals surface area (Å²) in [7, 11) is 0. The number of rotatable bonds is 7. The number of nitrogens with zero attached hydrogens (tertiary/aromatic N) is 5. The van der Waals surface area contributed by atoms with E-state index in [0.717, 1.165) is 28.9 Å². The van der Waals surface area contributed by atoms with Crippen LogP contribution in [0, 0.1) is 0 Å². The van der Waals surface area contributed by atoms with E-state index in [-0.39, 0.29) is 22.9 Å². The number of anilines is 1. The van der Waals surface area contributed by atoms with Gasteiger partial charge in [0.25, 0.3) is 0 Å². The van der Waals surface area contributed by atoms with E-state index in [2.05, 4.69) is 45.7 Å². The van der Waals surface area contributed by atoms with Gasteiger partial charge in [-0.25, -0.2) is 9.98 Å². The summed E-state index contributed by atoms with van der Waals surface area (Å²) in [6.07, 6.45) is -1.53. The number of amidine groups is 2. The average molecular weight is 595 g/mol. The molecular formula is C30H29F3N6O2S. The Morgan fingerprint density at radius 2 is 1.69 bits per heavy atom. The number of hydrogen-bond acceptors (Lipinski definition) is 6. The molecule has 0 unspecified atom stereocenters. The minimum Gasteiger partial charge on any atom is -0.406 e. The molecule has 0 aromatic heterocycles. The van der Waals surface area contributed by atoms with Gasteiger partial charge in [0.15, 0.2) is 5.17 Å². The summed E-state index contributed by atoms with van der Waals surface area (Å²) in [5, 5.41) is 9.15. The van der Waals surface area contributed by atoms with Crippen LogP contribution in [0.15, 0.2) is 93.0 Å². The highest BCUT2D eigenvalue weighted by Crippen LogP contribution is 2.35. The minimum atomic E-state index is -4.76. The van der Waals surface area contributed by atoms with Crippen LogP contribution >= 0.6 is 11.8 Å². The van der Waals surface area contributed by atoms with Gasteiger partial charge in [0.2, 0.25) is 5.91 Å². The Hall–Kier alpha value is -4.45. The first-order valence-electron chi connectivity index (χ1n) is 12.9. The first-order valence-corrected chi connectivity index (χ1v) is 13.9. The molecule has 1 fully saturated rings. The second-order valence-electron chi connectivity index (χ2n) is 10.1. The molecule has 2 N–H and O–H groups in total. The third-order valence-electron chi connectivity index (χ3n) is 5.97. The first-order chi connectivity index (χ1) is 19.9. The molecule has 0 radical (unpaired) electrons. The van der Waals surface area contributed by atoms with Crippen LogP contribution in [-0.4, -0.2) is 41.6 Å². The van der Waals surface area contributed by atoms with E-state index in [4.69, 9.17) is 5.73 Å². The van der Waals surface area contributed by atoms with Crippen molar-refractivity contribution in [2.24, 2.45) is 25.9 Å². The normalized spacial score (nSPS) is 16.1. The lowest BCUT2D eigenvalue weighted by atomic mass is 9.85. The van der Waals surface area contributed by atoms with Crippen LogP contribution in [0.25, 0.3) is 0 Å². The molecule has 0 atom stereocenters. The zero-order chi connectivity index (χ0) is 30.3. The first kappa shape index (κ1) is 30.5. The molecule has 1 amide bonds. The number of hydrogen-bond donors (Lipinski definition) is 1. The van der Waals surface area contributed by atoms with Gasteiger partial charge >= 0.3 is 6.36 Å². The number of nitrogens with two attached hydrogens (primary N) is 1. The predicted octanol–water partition coefficient (Wildman–Crippen LogP) is 6.81. The van der Waals surface area contributed by atoms with Crippen molar-refractivity contribution in [3.05, 3.63) is 89.5 Å². The molecule has 1 aliphatic heterocycles. The lowest BCUT2D eigenvalue weighted by Gasteiger charge is -2.32. The summed E-state index contributed by atoms with van der Waals surface area (Å²) in [5.74, 6) is 0.475. The molecule has 0 aliphatic carbocycles. The molecule has 1 aliphatic rings. The van der Waals surface area contributed by atoms with Gasteiger partial charge in [0.1, 0.15) is 17.9 Å². The van der Waals surface area contributed by atoms with E-state index in [9.17, 15) is 18.0 Å². The van der Waals surface area contributed by atoms with Crippen molar-refractivity contribution < 1.29 is 22.7 Å². The van der Waals surface area contributed by atoms with E-state index in [1.165, 1.54) is 30.2 Å². The average Bonchev–Trinajstić information content (AvgIpc) is 2.93. The Kier molecular flexibility index (Phi) is 9.46. The number of halogens is 3. The highest BCUT2D eigenvalue weighted by atomic mass is 32.2. The third kappa shape index (κ3) is 8.29. The Morgan fingerprint density at radius 3 is 2.36 bits per heavy atom. The van der Waals surface area contributed by atoms with Crippen molar-refractivity contribution in [1.82, 2.24) is 0 Å². The monoisotopic (exact) mass is 594 g/mol. The summed E-state index contributed by atoms with van der Waals surface area (Å²) < 4.78 is 40.7. The number of para-hydroxylation sites is 1. The quantitative estimate of drug-likeness (QED) is 0.184. The number of aliphatic imine (C=N–C) groups is 2. The summed E-state index contributed by atoms with van der Waals surface area (Å²) >= 11 is 1.48. The van der Waals surface area contributed by atoms with E-state index >= 15 is 0 Å². The molecule has 42 heavy (non-hydrogen) atoms. The molecule has 3 aromatic rings. The highest BCUT2D eigenvalue weighted by Gasteiger charge is 2.32. The van der Waals surface area contributed by atoms with Crippen LogP contribution in [0.1, 0.15) is 43.9 Å².